The number of unbranched alkanes of at least 4 members (excludes halogenated alkanes) is 2. The topological polar surface area (TPSA) is 17.1 Å². The van der Waals surface area contributed by atoms with Crippen molar-refractivity contribution in [3.05, 3.63) is 24.8 Å². The van der Waals surface area contributed by atoms with Crippen molar-refractivity contribution in [2.24, 2.45) is 0 Å². The largest absolute Gasteiger partial charge is 0.295 e. The zero-order valence-electron chi connectivity index (χ0n) is 6.47. The van der Waals surface area contributed by atoms with Crippen molar-refractivity contribution >= 4 is 5.78 Å². The molecule has 0 atom stereocenters. The molecule has 0 heterocycles. The second kappa shape index (κ2) is 6.27. The van der Waals surface area contributed by atoms with Gasteiger partial charge in [0.05, 0.1) is 0 Å². The van der Waals surface area contributed by atoms with Crippen LogP contribution in [0.4, 0.5) is 0 Å². The van der Waals surface area contributed by atoms with Gasteiger partial charge in [-0.05, 0) is 32.3 Å². The minimum absolute atomic E-state index is 0.124. The van der Waals surface area contributed by atoms with Gasteiger partial charge in [0.1, 0.15) is 0 Å². The molecule has 1 nitrogen and oxygen atoms in total. The fourth-order valence-electron chi connectivity index (χ4n) is 0.629. The van der Waals surface area contributed by atoms with E-state index in [0.29, 0.717) is 0 Å². The van der Waals surface area contributed by atoms with Gasteiger partial charge in [0, 0.05) is 0 Å². The highest BCUT2D eigenvalue weighted by molar-refractivity contribution is 5.87. The number of carbonyl (C=O) groups excluding carboxylic acids is 1. The standard InChI is InChI=1S/C9H14O/c1-3-4-5-6-7-8-9(2)10/h3,7-8H,1,4-6H2,2H3. The fraction of sp³-hybridized carbons (Fsp3) is 0.444. The van der Waals surface area contributed by atoms with Crippen molar-refractivity contribution in [3.8, 4) is 0 Å². The normalized spacial score (nSPS) is 10.1. The number of hydrogen-bond donors (Lipinski definition) is 0. The van der Waals surface area contributed by atoms with Crippen LogP contribution >= 0.6 is 0 Å². The zero-order chi connectivity index (χ0) is 7.82. The summed E-state index contributed by atoms with van der Waals surface area (Å²) in [5.74, 6) is 0.124. The van der Waals surface area contributed by atoms with Crippen LogP contribution in [0, 0.1) is 0 Å². The third kappa shape index (κ3) is 7.15. The molecule has 0 bridgehead atoms. The van der Waals surface area contributed by atoms with E-state index in [1.165, 1.54) is 0 Å². The van der Waals surface area contributed by atoms with Crippen LogP contribution in [0.1, 0.15) is 26.2 Å². The molecule has 1 heteroatoms. The predicted molar refractivity (Wildman–Crippen MR) is 43.9 cm³/mol. The molecule has 0 radical (unpaired) electrons. The molecule has 0 aromatic rings. The summed E-state index contributed by atoms with van der Waals surface area (Å²) in [5.41, 5.74) is 0. The Hall–Kier alpha value is -0.850. The minimum Gasteiger partial charge on any atom is -0.295 e. The molecule has 0 saturated heterocycles. The molecular weight excluding hydrogens is 124 g/mol. The van der Waals surface area contributed by atoms with Gasteiger partial charge in [0.2, 0.25) is 0 Å². The van der Waals surface area contributed by atoms with Crippen molar-refractivity contribution in [2.45, 2.75) is 26.2 Å². The maximum absolute atomic E-state index is 10.4. The number of carbonyl (C=O) groups is 1. The summed E-state index contributed by atoms with van der Waals surface area (Å²) in [6, 6.07) is 0. The maximum Gasteiger partial charge on any atom is 0.152 e. The molecule has 0 aliphatic heterocycles. The molecule has 0 N–H and O–H groups in total. The number of ketones is 1. The maximum atomic E-state index is 10.4. The first-order valence-electron chi connectivity index (χ1n) is 3.55. The summed E-state index contributed by atoms with van der Waals surface area (Å²) in [6.07, 6.45) is 8.51. The van der Waals surface area contributed by atoms with E-state index in [4.69, 9.17) is 0 Å². The van der Waals surface area contributed by atoms with Gasteiger partial charge in [-0.25, -0.2) is 0 Å². The second-order valence-electron chi connectivity index (χ2n) is 2.23. The summed E-state index contributed by atoms with van der Waals surface area (Å²) >= 11 is 0. The summed E-state index contributed by atoms with van der Waals surface area (Å²) in [6.45, 7) is 5.16. The Bertz CT molecular complexity index is 134. The Morgan fingerprint density at radius 3 is 2.70 bits per heavy atom. The third-order valence-electron chi connectivity index (χ3n) is 1.13. The van der Waals surface area contributed by atoms with Crippen molar-refractivity contribution < 1.29 is 4.79 Å². The first kappa shape index (κ1) is 9.15. The van der Waals surface area contributed by atoms with Gasteiger partial charge in [-0.2, -0.15) is 0 Å². The highest BCUT2D eigenvalue weighted by atomic mass is 16.1. The van der Waals surface area contributed by atoms with Crippen molar-refractivity contribution in [1.82, 2.24) is 0 Å². The lowest BCUT2D eigenvalue weighted by Gasteiger charge is -1.86. The molecule has 0 aromatic carbocycles. The summed E-state index contributed by atoms with van der Waals surface area (Å²) < 4.78 is 0. The molecule has 0 unspecified atom stereocenters. The quantitative estimate of drug-likeness (QED) is 0.324. The average Bonchev–Trinajstić information content (AvgIpc) is 1.87. The Kier molecular flexibility index (Phi) is 5.74. The fourth-order valence-corrected chi connectivity index (χ4v) is 0.629. The van der Waals surface area contributed by atoms with Crippen LogP contribution in [0.2, 0.25) is 0 Å². The van der Waals surface area contributed by atoms with Crippen molar-refractivity contribution in [1.29, 1.82) is 0 Å². The van der Waals surface area contributed by atoms with E-state index in [-0.39, 0.29) is 5.78 Å². The molecule has 0 aliphatic rings. The second-order valence-corrected chi connectivity index (χ2v) is 2.23. The Balaban J connectivity index is 3.18. The Morgan fingerprint density at radius 2 is 2.20 bits per heavy atom. The summed E-state index contributed by atoms with van der Waals surface area (Å²) in [4.78, 5) is 10.4. The molecular formula is C9H14O. The molecule has 0 rings (SSSR count). The van der Waals surface area contributed by atoms with Crippen LogP contribution in [0.5, 0.6) is 0 Å². The summed E-state index contributed by atoms with van der Waals surface area (Å²) in [5, 5.41) is 0. The van der Waals surface area contributed by atoms with Crippen molar-refractivity contribution in [3.63, 3.8) is 0 Å². The van der Waals surface area contributed by atoms with Gasteiger partial charge in [0.15, 0.2) is 5.78 Å². The number of hydrogen-bond acceptors (Lipinski definition) is 1. The van der Waals surface area contributed by atoms with E-state index in [1.807, 2.05) is 12.2 Å². The van der Waals surface area contributed by atoms with Crippen LogP contribution in [-0.4, -0.2) is 5.78 Å². The lowest BCUT2D eigenvalue weighted by molar-refractivity contribution is -0.112. The van der Waals surface area contributed by atoms with E-state index in [9.17, 15) is 4.79 Å². The number of allylic oxidation sites excluding steroid dienone is 3. The molecule has 0 aromatic heterocycles. The first-order valence-corrected chi connectivity index (χ1v) is 3.55. The highest BCUT2D eigenvalue weighted by Gasteiger charge is 1.81. The van der Waals surface area contributed by atoms with E-state index in [1.54, 1.807) is 13.0 Å². The Labute approximate surface area is 62.4 Å². The number of rotatable bonds is 5. The van der Waals surface area contributed by atoms with Crippen LogP contribution in [0.25, 0.3) is 0 Å². The third-order valence-corrected chi connectivity index (χ3v) is 1.13. The molecule has 0 spiro atoms. The van der Waals surface area contributed by atoms with Crippen molar-refractivity contribution in [2.75, 3.05) is 0 Å². The molecule has 0 fully saturated rings. The van der Waals surface area contributed by atoms with Gasteiger partial charge in [-0.15, -0.1) is 6.58 Å². The molecule has 0 aliphatic carbocycles. The summed E-state index contributed by atoms with van der Waals surface area (Å²) in [7, 11) is 0. The van der Waals surface area contributed by atoms with E-state index in [0.717, 1.165) is 19.3 Å². The monoisotopic (exact) mass is 138 g/mol. The zero-order valence-corrected chi connectivity index (χ0v) is 6.47. The average molecular weight is 138 g/mol. The first-order chi connectivity index (χ1) is 4.77. The Morgan fingerprint density at radius 1 is 1.50 bits per heavy atom. The van der Waals surface area contributed by atoms with Gasteiger partial charge in [-0.1, -0.05) is 12.2 Å². The molecule has 10 heavy (non-hydrogen) atoms. The van der Waals surface area contributed by atoms with Gasteiger partial charge in [0.25, 0.3) is 0 Å². The highest BCUT2D eigenvalue weighted by Crippen LogP contribution is 1.96. The minimum atomic E-state index is 0.124. The van der Waals surface area contributed by atoms with E-state index in [2.05, 4.69) is 6.58 Å². The van der Waals surface area contributed by atoms with Crippen LogP contribution < -0.4 is 0 Å². The van der Waals surface area contributed by atoms with E-state index >= 15 is 0 Å². The van der Waals surface area contributed by atoms with Crippen LogP contribution in [0.3, 0.4) is 0 Å². The van der Waals surface area contributed by atoms with Gasteiger partial charge >= 0.3 is 0 Å². The van der Waals surface area contributed by atoms with Gasteiger partial charge in [-0.3, -0.25) is 4.79 Å². The molecule has 0 saturated carbocycles. The van der Waals surface area contributed by atoms with Gasteiger partial charge < -0.3 is 0 Å². The SMILES string of the molecule is C=CCCCC=CC(C)=O. The van der Waals surface area contributed by atoms with Crippen LogP contribution in [0.15, 0.2) is 24.8 Å². The lowest BCUT2D eigenvalue weighted by atomic mass is 10.2. The van der Waals surface area contributed by atoms with Crippen LogP contribution in [-0.2, 0) is 4.79 Å². The predicted octanol–water partition coefficient (Wildman–Crippen LogP) is 2.49. The smallest absolute Gasteiger partial charge is 0.152 e. The lowest BCUT2D eigenvalue weighted by Crippen LogP contribution is -1.79. The molecule has 56 valence electrons. The van der Waals surface area contributed by atoms with E-state index < -0.39 is 0 Å². The molecule has 0 amide bonds.